The Morgan fingerprint density at radius 3 is 2.26 bits per heavy atom. The van der Waals surface area contributed by atoms with E-state index in [0.717, 1.165) is 76.4 Å². The van der Waals surface area contributed by atoms with E-state index >= 15 is 0 Å². The van der Waals surface area contributed by atoms with Crippen LogP contribution in [0.4, 0.5) is 0 Å². The van der Waals surface area contributed by atoms with Crippen LogP contribution in [0.3, 0.4) is 0 Å². The quantitative estimate of drug-likeness (QED) is 0.199. The fourth-order valence-electron chi connectivity index (χ4n) is 11.9. The molecular weight excluding hydrogens is 753 g/mol. The molecule has 58 heavy (non-hydrogen) atoms. The summed E-state index contributed by atoms with van der Waals surface area (Å²) in [5, 5.41) is 0.162. The van der Waals surface area contributed by atoms with E-state index in [9.17, 15) is 4.79 Å². The second-order valence-electron chi connectivity index (χ2n) is 21.9. The molecule has 10 aliphatic heterocycles. The molecule has 10 aliphatic rings. The van der Waals surface area contributed by atoms with Gasteiger partial charge >= 0.3 is 0 Å². The Morgan fingerprint density at radius 1 is 0.759 bits per heavy atom. The molecule has 0 saturated carbocycles. The minimum Gasteiger partial charge on any atom is -0.417 e. The van der Waals surface area contributed by atoms with Crippen molar-refractivity contribution in [1.82, 2.24) is 0 Å². The summed E-state index contributed by atoms with van der Waals surface area (Å²) in [6.07, 6.45) is 8.52. The van der Waals surface area contributed by atoms with E-state index in [4.69, 9.17) is 42.3 Å². The van der Waals surface area contributed by atoms with Crippen molar-refractivity contribution in [3.63, 3.8) is 0 Å². The maximum Gasteiger partial charge on any atom is 0.191 e. The fourth-order valence-corrected chi connectivity index (χ4v) is 13.1. The zero-order valence-corrected chi connectivity index (χ0v) is 37.8. The highest BCUT2D eigenvalue weighted by molar-refractivity contribution is 6.74. The standard InChI is InChI=1S/C47H74O10Si/c1-25(24-49-58(9,10)46(6,7)8)17-37-29(5)34-21-30(48)20-32-12-14-36-41(52-32)45-44-43(54-36)42-40(55-44)23-47(56-42,57-45)16-15-33-19-27(3)35(50-33)13-11-31-18-26(2)28(4)38(51-31)22-39(34)53-37/h25-26,29,31-45H,3-4,11-24H2,1-2,5-10H3/t25-,26+,29+,31?,32+,33-,34+,35-,36-,37+,38?,39-,40+,41-,42?,43-,44+,45?,47-/m0/s1. The number of carbonyl (C=O) groups excluding carboxylic acids is 1. The Balaban J connectivity index is 0.953. The van der Waals surface area contributed by atoms with Crippen molar-refractivity contribution in [3.8, 4) is 0 Å². The van der Waals surface area contributed by atoms with Crippen molar-refractivity contribution in [2.24, 2.45) is 23.7 Å². The third kappa shape index (κ3) is 8.07. The largest absolute Gasteiger partial charge is 0.417 e. The normalized spacial score (nSPS) is 48.8. The summed E-state index contributed by atoms with van der Waals surface area (Å²) in [5.41, 5.74) is 2.32. The highest BCUT2D eigenvalue weighted by Crippen LogP contribution is 2.54. The van der Waals surface area contributed by atoms with Crippen LogP contribution < -0.4 is 0 Å². The molecule has 0 aromatic carbocycles. The second-order valence-corrected chi connectivity index (χ2v) is 26.7. The van der Waals surface area contributed by atoms with E-state index in [-0.39, 0.29) is 108 Å². The first-order valence-corrected chi connectivity index (χ1v) is 26.2. The van der Waals surface area contributed by atoms with Crippen LogP contribution in [-0.4, -0.2) is 112 Å². The van der Waals surface area contributed by atoms with Gasteiger partial charge in [0, 0.05) is 38.7 Å². The zero-order chi connectivity index (χ0) is 40.9. The van der Waals surface area contributed by atoms with E-state index in [2.05, 4.69) is 67.8 Å². The highest BCUT2D eigenvalue weighted by Gasteiger charge is 2.68. The molecule has 0 N–H and O–H groups in total. The van der Waals surface area contributed by atoms with Crippen LogP contribution in [0.2, 0.25) is 18.1 Å². The summed E-state index contributed by atoms with van der Waals surface area (Å²) in [6.45, 7) is 28.2. The molecule has 1 spiro atoms. The summed E-state index contributed by atoms with van der Waals surface area (Å²) in [4.78, 5) is 14.3. The van der Waals surface area contributed by atoms with Crippen LogP contribution >= 0.6 is 0 Å². The smallest absolute Gasteiger partial charge is 0.191 e. The van der Waals surface area contributed by atoms with Gasteiger partial charge in [-0.15, -0.1) is 0 Å². The van der Waals surface area contributed by atoms with Crippen LogP contribution in [0.1, 0.15) is 125 Å². The van der Waals surface area contributed by atoms with Gasteiger partial charge < -0.3 is 42.3 Å². The lowest BCUT2D eigenvalue weighted by Crippen LogP contribution is -2.61. The van der Waals surface area contributed by atoms with Gasteiger partial charge in [0.25, 0.3) is 0 Å². The van der Waals surface area contributed by atoms with Crippen LogP contribution in [-0.2, 0) is 47.1 Å². The van der Waals surface area contributed by atoms with Crippen molar-refractivity contribution >= 4 is 14.1 Å². The predicted molar refractivity (Wildman–Crippen MR) is 222 cm³/mol. The number of Topliss-reactive ketones (excluding diaryl/α,β-unsaturated/α-hetero) is 1. The Bertz CT molecular complexity index is 1560. The van der Waals surface area contributed by atoms with Crippen molar-refractivity contribution in [2.45, 2.75) is 234 Å². The van der Waals surface area contributed by atoms with Crippen LogP contribution in [0, 0.1) is 23.7 Å². The molecule has 11 heteroatoms. The summed E-state index contributed by atoms with van der Waals surface area (Å²) < 4.78 is 61.6. The molecule has 12 bridgehead atoms. The Morgan fingerprint density at radius 2 is 1.47 bits per heavy atom. The number of hydrogen-bond donors (Lipinski definition) is 0. The maximum atomic E-state index is 14.3. The van der Waals surface area contributed by atoms with Crippen LogP contribution in [0.5, 0.6) is 0 Å². The minimum absolute atomic E-state index is 0.0185. The number of fused-ring (bicyclic) bond motifs is 6. The van der Waals surface area contributed by atoms with Crippen molar-refractivity contribution < 1.29 is 47.1 Å². The molecule has 4 unspecified atom stereocenters. The average molecular weight is 827 g/mol. The lowest BCUT2D eigenvalue weighted by Gasteiger charge is -2.47. The van der Waals surface area contributed by atoms with E-state index in [1.54, 1.807) is 0 Å². The van der Waals surface area contributed by atoms with E-state index in [0.29, 0.717) is 31.1 Å². The summed E-state index contributed by atoms with van der Waals surface area (Å²) >= 11 is 0. The van der Waals surface area contributed by atoms with E-state index in [1.807, 2.05) is 0 Å². The van der Waals surface area contributed by atoms with Gasteiger partial charge in [0.2, 0.25) is 0 Å². The van der Waals surface area contributed by atoms with Gasteiger partial charge in [0.1, 0.15) is 36.3 Å². The first-order valence-electron chi connectivity index (χ1n) is 23.3. The molecule has 10 fully saturated rings. The molecule has 0 aromatic heterocycles. The van der Waals surface area contributed by atoms with Crippen molar-refractivity contribution in [1.29, 1.82) is 0 Å². The molecule has 10 saturated heterocycles. The topological polar surface area (TPSA) is 100 Å². The van der Waals surface area contributed by atoms with Gasteiger partial charge in [-0.05, 0) is 104 Å². The number of carbonyl (C=O) groups is 1. The lowest BCUT2D eigenvalue weighted by atomic mass is 9.78. The molecule has 10 nitrogen and oxygen atoms in total. The first-order chi connectivity index (χ1) is 27.5. The fraction of sp³-hybridized carbons (Fsp3) is 0.894. The molecule has 10 heterocycles. The number of ether oxygens (including phenoxy) is 8. The van der Waals surface area contributed by atoms with Crippen molar-refractivity contribution in [2.75, 3.05) is 6.61 Å². The summed E-state index contributed by atoms with van der Waals surface area (Å²) in [7, 11) is -1.88. The van der Waals surface area contributed by atoms with Gasteiger partial charge in [0.05, 0.1) is 54.9 Å². The van der Waals surface area contributed by atoms with Crippen LogP contribution in [0.25, 0.3) is 0 Å². The highest BCUT2D eigenvalue weighted by atomic mass is 28.4. The SMILES string of the molecule is C=C1C2C[C@@H]3O[C@H](C[C@H](C)CO[Si](C)(C)C(C)(C)C)[C@H](C)[C@H]3CC(=O)C[C@H]3CC[C@@H]4O[C@H]5C6O[C@]7(CC[C@H]8CC(=C)[C@H](CCC(C[C@H]1C)O2)O8)C[C@H]6O[C@H]5C(O7)[C@H]4O3. The minimum atomic E-state index is -1.88. The molecule has 10 rings (SSSR count). The molecule has 326 valence electrons. The van der Waals surface area contributed by atoms with E-state index < -0.39 is 14.1 Å². The number of rotatable bonds is 5. The second kappa shape index (κ2) is 16.0. The Kier molecular flexibility index (Phi) is 11.7. The van der Waals surface area contributed by atoms with Gasteiger partial charge in [-0.2, -0.15) is 0 Å². The Hall–Kier alpha value is -0.993. The number of hydrogen-bond acceptors (Lipinski definition) is 10. The zero-order valence-electron chi connectivity index (χ0n) is 36.8. The third-order valence-electron chi connectivity index (χ3n) is 16.6. The summed E-state index contributed by atoms with van der Waals surface area (Å²) in [5.74, 6) is 0.467. The molecule has 0 aliphatic carbocycles. The first kappa shape index (κ1) is 42.3. The molecular formula is C47H74O10Si. The predicted octanol–water partition coefficient (Wildman–Crippen LogP) is 8.40. The maximum absolute atomic E-state index is 14.3. The molecule has 0 aromatic rings. The van der Waals surface area contributed by atoms with Gasteiger partial charge in [-0.25, -0.2) is 0 Å². The van der Waals surface area contributed by atoms with Crippen molar-refractivity contribution in [3.05, 3.63) is 24.3 Å². The third-order valence-corrected chi connectivity index (χ3v) is 21.1. The Labute approximate surface area is 349 Å². The summed E-state index contributed by atoms with van der Waals surface area (Å²) in [6, 6.07) is 0. The average Bonchev–Trinajstić information content (AvgIpc) is 3.82. The molecule has 0 radical (unpaired) electrons. The van der Waals surface area contributed by atoms with Crippen LogP contribution in [0.15, 0.2) is 24.3 Å². The van der Waals surface area contributed by atoms with Gasteiger partial charge in [-0.1, -0.05) is 54.7 Å². The molecule has 19 atom stereocenters. The van der Waals surface area contributed by atoms with Gasteiger partial charge in [0.15, 0.2) is 14.1 Å². The molecule has 0 amide bonds. The lowest BCUT2D eigenvalue weighted by molar-refractivity contribution is -0.292. The number of ketones is 1. The monoisotopic (exact) mass is 827 g/mol. The van der Waals surface area contributed by atoms with E-state index in [1.165, 1.54) is 5.57 Å². The van der Waals surface area contributed by atoms with Gasteiger partial charge in [-0.3, -0.25) is 4.79 Å².